The minimum absolute atomic E-state index is 0.00639. The van der Waals surface area contributed by atoms with E-state index in [0.717, 1.165) is 0 Å². The number of hydrogen-bond donors (Lipinski definition) is 1. The van der Waals surface area contributed by atoms with Crippen LogP contribution in [-0.2, 0) is 4.74 Å². The first-order valence-electron chi connectivity index (χ1n) is 4.40. The van der Waals surface area contributed by atoms with Crippen LogP contribution in [0, 0.1) is 11.7 Å². The summed E-state index contributed by atoms with van der Waals surface area (Å²) in [4.78, 5) is 0. The number of ether oxygens (including phenoxy) is 1. The maximum absolute atomic E-state index is 13.1. The Morgan fingerprint density at radius 1 is 1.50 bits per heavy atom. The zero-order valence-corrected chi connectivity index (χ0v) is 8.17. The highest BCUT2D eigenvalue weighted by Gasteiger charge is 2.29. The third kappa shape index (κ3) is 1.63. The fraction of sp³-hybridized carbons (Fsp3) is 0.400. The molecule has 14 heavy (non-hydrogen) atoms. The Bertz CT molecular complexity index is 339. The minimum atomic E-state index is -0.730. The molecule has 1 unspecified atom stereocenters. The van der Waals surface area contributed by atoms with E-state index in [1.807, 2.05) is 0 Å². The molecule has 1 saturated heterocycles. The number of halogens is 2. The van der Waals surface area contributed by atoms with Crippen LogP contribution >= 0.6 is 11.6 Å². The van der Waals surface area contributed by atoms with Crippen molar-refractivity contribution >= 4 is 11.6 Å². The number of hydrogen-bond acceptors (Lipinski definition) is 2. The van der Waals surface area contributed by atoms with Gasteiger partial charge in [0.25, 0.3) is 0 Å². The van der Waals surface area contributed by atoms with Crippen molar-refractivity contribution in [1.29, 1.82) is 0 Å². The van der Waals surface area contributed by atoms with E-state index >= 15 is 0 Å². The second-order valence-electron chi connectivity index (χ2n) is 3.39. The Morgan fingerprint density at radius 2 is 2.21 bits per heavy atom. The minimum Gasteiger partial charge on any atom is -0.388 e. The maximum Gasteiger partial charge on any atom is 0.142 e. The van der Waals surface area contributed by atoms with Crippen LogP contribution in [-0.4, -0.2) is 18.3 Å². The van der Waals surface area contributed by atoms with Crippen LogP contribution in [0.5, 0.6) is 0 Å². The summed E-state index contributed by atoms with van der Waals surface area (Å²) >= 11 is 5.74. The van der Waals surface area contributed by atoms with E-state index in [0.29, 0.717) is 18.8 Å². The molecule has 1 heterocycles. The molecule has 76 valence electrons. The Morgan fingerprint density at radius 3 is 2.79 bits per heavy atom. The van der Waals surface area contributed by atoms with Crippen LogP contribution in [0.2, 0.25) is 5.02 Å². The molecule has 4 heteroatoms. The highest BCUT2D eigenvalue weighted by atomic mass is 35.5. The first-order valence-corrected chi connectivity index (χ1v) is 4.77. The van der Waals surface area contributed by atoms with Gasteiger partial charge in [0.15, 0.2) is 0 Å². The fourth-order valence-corrected chi connectivity index (χ4v) is 1.68. The van der Waals surface area contributed by atoms with Crippen molar-refractivity contribution in [2.24, 2.45) is 5.92 Å². The molecule has 1 N–H and O–H groups in total. The lowest BCUT2D eigenvalue weighted by atomic mass is 9.94. The topological polar surface area (TPSA) is 29.5 Å². The highest BCUT2D eigenvalue weighted by molar-refractivity contribution is 6.31. The van der Waals surface area contributed by atoms with E-state index in [1.54, 1.807) is 12.1 Å². The lowest BCUT2D eigenvalue weighted by molar-refractivity contribution is -0.0924. The molecule has 0 saturated carbocycles. The molecule has 0 spiro atoms. The number of aliphatic hydroxyl groups excluding tert-OH is 1. The molecule has 0 aromatic heterocycles. The third-order valence-electron chi connectivity index (χ3n) is 2.41. The molecule has 0 aliphatic carbocycles. The number of aliphatic hydroxyl groups is 1. The van der Waals surface area contributed by atoms with Crippen LogP contribution < -0.4 is 0 Å². The average molecular weight is 217 g/mol. The Balaban J connectivity index is 2.26. The molecular weight excluding hydrogens is 207 g/mol. The fourth-order valence-electron chi connectivity index (χ4n) is 1.44. The van der Waals surface area contributed by atoms with Gasteiger partial charge in [0.1, 0.15) is 5.82 Å². The lowest BCUT2D eigenvalue weighted by Crippen LogP contribution is -2.33. The summed E-state index contributed by atoms with van der Waals surface area (Å²) in [5, 5.41) is 9.82. The van der Waals surface area contributed by atoms with Gasteiger partial charge in [-0.2, -0.15) is 0 Å². The van der Waals surface area contributed by atoms with Gasteiger partial charge in [-0.25, -0.2) is 4.39 Å². The second-order valence-corrected chi connectivity index (χ2v) is 3.76. The van der Waals surface area contributed by atoms with Gasteiger partial charge >= 0.3 is 0 Å². The Kier molecular flexibility index (Phi) is 2.72. The molecule has 0 bridgehead atoms. The van der Waals surface area contributed by atoms with Gasteiger partial charge in [0, 0.05) is 11.5 Å². The smallest absolute Gasteiger partial charge is 0.142 e. The van der Waals surface area contributed by atoms with Crippen LogP contribution in [0.3, 0.4) is 0 Å². The van der Waals surface area contributed by atoms with E-state index in [9.17, 15) is 9.50 Å². The summed E-state index contributed by atoms with van der Waals surface area (Å²) in [5.74, 6) is -0.460. The molecule has 1 aliphatic heterocycles. The van der Waals surface area contributed by atoms with E-state index in [1.165, 1.54) is 6.07 Å². The van der Waals surface area contributed by atoms with Crippen molar-refractivity contribution in [3.8, 4) is 0 Å². The quantitative estimate of drug-likeness (QED) is 0.821. The zero-order valence-electron chi connectivity index (χ0n) is 7.41. The SMILES string of the molecule is OC(c1cccc(F)c1Cl)C1COC1. The molecule has 1 fully saturated rings. The molecular formula is C10H10ClFO2. The summed E-state index contributed by atoms with van der Waals surface area (Å²) in [6, 6.07) is 4.45. The van der Waals surface area contributed by atoms with E-state index < -0.39 is 11.9 Å². The van der Waals surface area contributed by atoms with Gasteiger partial charge in [-0.3, -0.25) is 0 Å². The third-order valence-corrected chi connectivity index (χ3v) is 2.81. The lowest BCUT2D eigenvalue weighted by Gasteiger charge is -2.31. The normalized spacial score (nSPS) is 19.1. The summed E-state index contributed by atoms with van der Waals surface area (Å²) in [5.41, 5.74) is 0.444. The number of benzene rings is 1. The van der Waals surface area contributed by atoms with Crippen LogP contribution in [0.1, 0.15) is 11.7 Å². The monoisotopic (exact) mass is 216 g/mol. The molecule has 1 atom stereocenters. The molecule has 1 aromatic rings. The van der Waals surface area contributed by atoms with Gasteiger partial charge in [0.05, 0.1) is 24.3 Å². The summed E-state index contributed by atoms with van der Waals surface area (Å²) in [6.45, 7) is 1.02. The zero-order chi connectivity index (χ0) is 10.1. The Labute approximate surface area is 86.3 Å². The van der Waals surface area contributed by atoms with Crippen molar-refractivity contribution in [3.05, 3.63) is 34.6 Å². The van der Waals surface area contributed by atoms with E-state index in [-0.39, 0.29) is 10.9 Å². The first-order chi connectivity index (χ1) is 6.70. The first kappa shape index (κ1) is 9.90. The van der Waals surface area contributed by atoms with Crippen molar-refractivity contribution < 1.29 is 14.2 Å². The van der Waals surface area contributed by atoms with Gasteiger partial charge in [0.2, 0.25) is 0 Å². The van der Waals surface area contributed by atoms with E-state index in [2.05, 4.69) is 0 Å². The van der Waals surface area contributed by atoms with Crippen molar-refractivity contribution in [2.75, 3.05) is 13.2 Å². The summed E-state index contributed by atoms with van der Waals surface area (Å²) in [6.07, 6.45) is -0.730. The summed E-state index contributed by atoms with van der Waals surface area (Å²) in [7, 11) is 0. The maximum atomic E-state index is 13.1. The van der Waals surface area contributed by atoms with E-state index in [4.69, 9.17) is 16.3 Å². The van der Waals surface area contributed by atoms with Gasteiger partial charge in [-0.1, -0.05) is 23.7 Å². The van der Waals surface area contributed by atoms with Gasteiger partial charge < -0.3 is 9.84 Å². The molecule has 0 radical (unpaired) electrons. The van der Waals surface area contributed by atoms with Crippen LogP contribution in [0.25, 0.3) is 0 Å². The van der Waals surface area contributed by atoms with Crippen molar-refractivity contribution in [1.82, 2.24) is 0 Å². The average Bonchev–Trinajstić information content (AvgIpc) is 2.06. The molecule has 2 nitrogen and oxygen atoms in total. The van der Waals surface area contributed by atoms with Crippen LogP contribution in [0.4, 0.5) is 4.39 Å². The predicted molar refractivity (Wildman–Crippen MR) is 50.7 cm³/mol. The molecule has 1 aromatic carbocycles. The Hall–Kier alpha value is -0.640. The molecule has 0 amide bonds. The highest BCUT2D eigenvalue weighted by Crippen LogP contribution is 2.33. The molecule has 2 rings (SSSR count). The second kappa shape index (κ2) is 3.85. The van der Waals surface area contributed by atoms with Gasteiger partial charge in [-0.15, -0.1) is 0 Å². The van der Waals surface area contributed by atoms with Crippen LogP contribution in [0.15, 0.2) is 18.2 Å². The largest absolute Gasteiger partial charge is 0.388 e. The number of rotatable bonds is 2. The molecule has 1 aliphatic rings. The van der Waals surface area contributed by atoms with Gasteiger partial charge in [-0.05, 0) is 6.07 Å². The predicted octanol–water partition coefficient (Wildman–Crippen LogP) is 2.16. The van der Waals surface area contributed by atoms with Crippen molar-refractivity contribution in [2.45, 2.75) is 6.10 Å². The summed E-state index contributed by atoms with van der Waals surface area (Å²) < 4.78 is 18.0. The van der Waals surface area contributed by atoms with Crippen molar-refractivity contribution in [3.63, 3.8) is 0 Å². The standard InChI is InChI=1S/C10H10ClFO2/c11-9-7(2-1-3-8(9)12)10(13)6-4-14-5-6/h1-3,6,10,13H,4-5H2.